The van der Waals surface area contributed by atoms with Gasteiger partial charge in [-0.25, -0.2) is 0 Å². The van der Waals surface area contributed by atoms with E-state index in [2.05, 4.69) is 33.5 Å². The maximum atomic E-state index is 6.39. The summed E-state index contributed by atoms with van der Waals surface area (Å²) in [6, 6.07) is 0. The molecule has 12 heavy (non-hydrogen) atoms. The minimum absolute atomic E-state index is 0.406. The van der Waals surface area contributed by atoms with Crippen molar-refractivity contribution in [3.63, 3.8) is 0 Å². The molecule has 74 valence electrons. The van der Waals surface area contributed by atoms with Crippen LogP contribution < -0.4 is 0 Å². The molecular formula is C7H18Cl2NPSi. The first kappa shape index (κ1) is 13.0. The molecule has 0 fully saturated rings. The average Bonchev–Trinajstić information content (AvgIpc) is 1.83. The van der Waals surface area contributed by atoms with Crippen molar-refractivity contribution in [3.8, 4) is 0 Å². The Kier molecular flexibility index (Phi) is 4.89. The van der Waals surface area contributed by atoms with Crippen molar-refractivity contribution in [3.05, 3.63) is 0 Å². The van der Waals surface area contributed by atoms with E-state index in [1.165, 1.54) is 0 Å². The standard InChI is InChI=1S/C7H18Cl2NPSi/c1-7(2)11(9,6-8)10-12(3,4)5/h7H,6H2,1-5H3. The Morgan fingerprint density at radius 1 is 1.33 bits per heavy atom. The van der Waals surface area contributed by atoms with E-state index in [1.54, 1.807) is 0 Å². The van der Waals surface area contributed by atoms with Gasteiger partial charge in [-0.05, 0) is 0 Å². The van der Waals surface area contributed by atoms with E-state index in [9.17, 15) is 0 Å². The second-order valence-electron chi connectivity index (χ2n) is 4.22. The van der Waals surface area contributed by atoms with Gasteiger partial charge in [0.05, 0.1) is 12.0 Å². The summed E-state index contributed by atoms with van der Waals surface area (Å²) in [5.74, 6) is 0. The van der Waals surface area contributed by atoms with E-state index in [-0.39, 0.29) is 0 Å². The second kappa shape index (κ2) is 4.50. The van der Waals surface area contributed by atoms with Crippen LogP contribution in [0.3, 0.4) is 0 Å². The summed E-state index contributed by atoms with van der Waals surface area (Å²) >= 11 is 12.2. The van der Waals surface area contributed by atoms with Crippen LogP contribution in [0.5, 0.6) is 0 Å². The molecule has 0 heterocycles. The van der Waals surface area contributed by atoms with Gasteiger partial charge in [0.1, 0.15) is 0 Å². The molecule has 0 aliphatic rings. The lowest BCUT2D eigenvalue weighted by molar-refractivity contribution is 1.09. The third-order valence-corrected chi connectivity index (χ3v) is 10.7. The minimum atomic E-state index is -1.72. The van der Waals surface area contributed by atoms with E-state index in [1.807, 2.05) is 0 Å². The van der Waals surface area contributed by atoms with Gasteiger partial charge >= 0.3 is 0 Å². The molecule has 1 unspecified atom stereocenters. The van der Waals surface area contributed by atoms with Crippen molar-refractivity contribution in [2.75, 3.05) is 5.62 Å². The van der Waals surface area contributed by atoms with E-state index >= 15 is 0 Å². The van der Waals surface area contributed by atoms with Crippen LogP contribution in [0, 0.1) is 0 Å². The summed E-state index contributed by atoms with van der Waals surface area (Å²) in [5, 5.41) is 0. The van der Waals surface area contributed by atoms with Gasteiger partial charge in [0.25, 0.3) is 0 Å². The van der Waals surface area contributed by atoms with Gasteiger partial charge < -0.3 is 4.41 Å². The first-order chi connectivity index (χ1) is 5.21. The van der Waals surface area contributed by atoms with E-state index in [4.69, 9.17) is 27.3 Å². The van der Waals surface area contributed by atoms with Crippen LogP contribution in [0.25, 0.3) is 0 Å². The zero-order chi connectivity index (χ0) is 9.99. The van der Waals surface area contributed by atoms with Crippen LogP contribution in [0.2, 0.25) is 19.6 Å². The maximum absolute atomic E-state index is 6.39. The highest BCUT2D eigenvalue weighted by Gasteiger charge is 2.24. The molecule has 5 heteroatoms. The SMILES string of the molecule is CC(C)P(Cl)(CCl)=N[Si](C)(C)C. The summed E-state index contributed by atoms with van der Waals surface area (Å²) in [4.78, 5) is 0. The van der Waals surface area contributed by atoms with Crippen LogP contribution in [0.1, 0.15) is 13.8 Å². The molecule has 0 rings (SSSR count). The molecule has 1 atom stereocenters. The largest absolute Gasteiger partial charge is 0.322 e. The highest BCUT2D eigenvalue weighted by Crippen LogP contribution is 2.60. The number of halogens is 2. The summed E-state index contributed by atoms with van der Waals surface area (Å²) < 4.78 is 4.74. The van der Waals surface area contributed by atoms with E-state index in [0.717, 1.165) is 0 Å². The van der Waals surface area contributed by atoms with Gasteiger partial charge in [-0.15, -0.1) is 11.6 Å². The van der Waals surface area contributed by atoms with Crippen molar-refractivity contribution < 1.29 is 0 Å². The van der Waals surface area contributed by atoms with Crippen molar-refractivity contribution in [1.82, 2.24) is 0 Å². The van der Waals surface area contributed by atoms with Crippen molar-refractivity contribution in [2.24, 2.45) is 4.41 Å². The smallest absolute Gasteiger partial charge is 0.172 e. The van der Waals surface area contributed by atoms with Crippen molar-refractivity contribution in [2.45, 2.75) is 39.1 Å². The number of hydrogen-bond acceptors (Lipinski definition) is 1. The van der Waals surface area contributed by atoms with E-state index in [0.29, 0.717) is 11.3 Å². The highest BCUT2D eigenvalue weighted by atomic mass is 35.7. The highest BCUT2D eigenvalue weighted by molar-refractivity contribution is 7.93. The van der Waals surface area contributed by atoms with Gasteiger partial charge in [0.2, 0.25) is 0 Å². The summed E-state index contributed by atoms with van der Waals surface area (Å²) in [5.41, 5.74) is 0.916. The molecule has 0 bridgehead atoms. The predicted molar refractivity (Wildman–Crippen MR) is 64.4 cm³/mol. The third-order valence-electron chi connectivity index (χ3n) is 1.43. The summed E-state index contributed by atoms with van der Waals surface area (Å²) in [6.07, 6.45) is -1.72. The monoisotopic (exact) mass is 245 g/mol. The lowest BCUT2D eigenvalue weighted by Gasteiger charge is -2.23. The summed E-state index contributed by atoms with van der Waals surface area (Å²) in [7, 11) is -1.42. The number of hydrogen-bond donors (Lipinski definition) is 0. The fourth-order valence-electron chi connectivity index (χ4n) is 0.779. The molecule has 0 spiro atoms. The Morgan fingerprint density at radius 3 is 1.83 bits per heavy atom. The minimum Gasteiger partial charge on any atom is -0.322 e. The molecule has 0 aromatic heterocycles. The molecule has 0 aromatic rings. The van der Waals surface area contributed by atoms with Crippen LogP contribution in [0.15, 0.2) is 4.41 Å². The van der Waals surface area contributed by atoms with Gasteiger partial charge in [0.15, 0.2) is 8.24 Å². The van der Waals surface area contributed by atoms with Crippen LogP contribution in [-0.4, -0.2) is 19.5 Å². The van der Waals surface area contributed by atoms with E-state index < -0.39 is 14.6 Å². The van der Waals surface area contributed by atoms with Gasteiger partial charge in [-0.2, -0.15) is 0 Å². The van der Waals surface area contributed by atoms with Crippen molar-refractivity contribution in [1.29, 1.82) is 0 Å². The normalized spacial score (nSPS) is 17.7. The fourth-order valence-corrected chi connectivity index (χ4v) is 9.53. The van der Waals surface area contributed by atoms with Crippen LogP contribution in [-0.2, 0) is 0 Å². The maximum Gasteiger partial charge on any atom is 0.172 e. The Bertz CT molecular complexity index is 198. The Balaban J connectivity index is 4.87. The van der Waals surface area contributed by atoms with Gasteiger partial charge in [-0.1, -0.05) is 44.7 Å². The second-order valence-corrected chi connectivity index (χ2v) is 14.6. The molecule has 0 saturated carbocycles. The Labute approximate surface area is 86.8 Å². The lowest BCUT2D eigenvalue weighted by atomic mass is 10.6. The van der Waals surface area contributed by atoms with Crippen LogP contribution >= 0.6 is 29.2 Å². The van der Waals surface area contributed by atoms with Crippen molar-refractivity contribution >= 4 is 37.5 Å². The van der Waals surface area contributed by atoms with Gasteiger partial charge in [0, 0.05) is 5.66 Å². The molecule has 0 aromatic carbocycles. The summed E-state index contributed by atoms with van der Waals surface area (Å²) in [6.45, 7) is 10.8. The molecule has 0 amide bonds. The predicted octanol–water partition coefficient (Wildman–Crippen LogP) is 4.78. The Morgan fingerprint density at radius 2 is 1.75 bits per heavy atom. The lowest BCUT2D eigenvalue weighted by Crippen LogP contribution is -2.16. The Hall–Kier alpha value is 1.03. The molecule has 0 aliphatic carbocycles. The first-order valence-corrected chi connectivity index (χ1v) is 11.0. The topological polar surface area (TPSA) is 12.4 Å². The number of alkyl halides is 1. The zero-order valence-electron chi connectivity index (χ0n) is 8.43. The third kappa shape index (κ3) is 4.32. The van der Waals surface area contributed by atoms with Crippen LogP contribution in [0.4, 0.5) is 0 Å². The first-order valence-electron chi connectivity index (χ1n) is 4.09. The molecular weight excluding hydrogens is 228 g/mol. The molecule has 0 radical (unpaired) electrons. The fraction of sp³-hybridized carbons (Fsp3) is 1.00. The molecule has 0 saturated heterocycles. The number of nitrogens with zero attached hydrogens (tertiary/aromatic N) is 1. The molecule has 1 nitrogen and oxygen atoms in total. The molecule has 0 N–H and O–H groups in total. The number of rotatable bonds is 3. The van der Waals surface area contributed by atoms with Gasteiger partial charge in [-0.3, -0.25) is 0 Å². The average molecular weight is 246 g/mol. The quantitative estimate of drug-likeness (QED) is 0.386. The molecule has 0 aliphatic heterocycles. The zero-order valence-corrected chi connectivity index (χ0v) is 11.8.